The predicted molar refractivity (Wildman–Crippen MR) is 116 cm³/mol. The van der Waals surface area contributed by atoms with Crippen LogP contribution in [-0.2, 0) is 45.8 Å². The number of fused-ring (bicyclic) bond motifs is 1. The fourth-order valence-electron chi connectivity index (χ4n) is 4.29. The van der Waals surface area contributed by atoms with Gasteiger partial charge in [0.1, 0.15) is 24.4 Å². The van der Waals surface area contributed by atoms with Gasteiger partial charge >= 0.3 is 0 Å². The van der Waals surface area contributed by atoms with Crippen LogP contribution in [0.4, 0.5) is 0 Å². The molecule has 0 radical (unpaired) electrons. The Balaban J connectivity index is 1.25. The van der Waals surface area contributed by atoms with Crippen molar-refractivity contribution in [2.75, 3.05) is 12.4 Å². The van der Waals surface area contributed by atoms with E-state index in [1.165, 1.54) is 0 Å². The summed E-state index contributed by atoms with van der Waals surface area (Å²) in [6, 6.07) is 19.3. The highest BCUT2D eigenvalue weighted by molar-refractivity contribution is 7.85. The molecule has 3 aliphatic heterocycles. The summed E-state index contributed by atoms with van der Waals surface area (Å²) in [5.74, 6) is -0.480. The second-order valence-corrected chi connectivity index (χ2v) is 10.1. The number of ether oxygens (including phenoxy) is 6. The molecule has 3 saturated heterocycles. The fourth-order valence-corrected chi connectivity index (χ4v) is 5.36. The summed E-state index contributed by atoms with van der Waals surface area (Å²) in [4.78, 5) is 0.753. The molecule has 7 nitrogen and oxygen atoms in total. The largest absolute Gasteiger partial charge is 0.368 e. The van der Waals surface area contributed by atoms with E-state index >= 15 is 0 Å². The molecule has 172 valence electrons. The molecule has 0 amide bonds. The normalized spacial score (nSPS) is 34.4. The van der Waals surface area contributed by atoms with Crippen molar-refractivity contribution < 1.29 is 32.6 Å². The molecular formula is C24H28O7S. The van der Waals surface area contributed by atoms with E-state index < -0.39 is 35.3 Å². The standard InChI is InChI=1S/C24H28O7S/c1-24(2)30-22-21(27-13-16-9-5-3-6-10-16)20(29-23(22)31-24)18-14-26-19(28-18)15-32(25)17-11-7-4-8-12-17/h3-12,18-23H,13-15H2,1-2H3/t18-,19?,20-,21+,22-,23-,32?/m1/s1. The van der Waals surface area contributed by atoms with Crippen LogP contribution in [0, 0.1) is 0 Å². The summed E-state index contributed by atoms with van der Waals surface area (Å²) in [5.41, 5.74) is 1.06. The molecule has 2 unspecified atom stereocenters. The maximum atomic E-state index is 12.6. The minimum absolute atomic E-state index is 0.260. The Labute approximate surface area is 190 Å². The Bertz CT molecular complexity index is 922. The Morgan fingerprint density at radius 1 is 0.969 bits per heavy atom. The van der Waals surface area contributed by atoms with E-state index in [0.29, 0.717) is 13.2 Å². The van der Waals surface area contributed by atoms with Crippen LogP contribution in [0.2, 0.25) is 0 Å². The minimum atomic E-state index is -1.21. The number of hydrogen-bond acceptors (Lipinski definition) is 7. The highest BCUT2D eigenvalue weighted by atomic mass is 32.2. The second kappa shape index (κ2) is 9.30. The van der Waals surface area contributed by atoms with Crippen LogP contribution in [-0.4, -0.2) is 59.4 Å². The molecule has 2 aromatic rings. The van der Waals surface area contributed by atoms with Crippen molar-refractivity contribution in [3.63, 3.8) is 0 Å². The first-order valence-corrected chi connectivity index (χ1v) is 12.2. The van der Waals surface area contributed by atoms with Gasteiger partial charge in [-0.05, 0) is 31.5 Å². The zero-order chi connectivity index (χ0) is 22.1. The number of hydrogen-bond donors (Lipinski definition) is 0. The fraction of sp³-hybridized carbons (Fsp3) is 0.500. The van der Waals surface area contributed by atoms with Crippen LogP contribution < -0.4 is 0 Å². The maximum Gasteiger partial charge on any atom is 0.190 e. The molecule has 5 rings (SSSR count). The van der Waals surface area contributed by atoms with Crippen molar-refractivity contribution in [2.24, 2.45) is 0 Å². The summed E-state index contributed by atoms with van der Waals surface area (Å²) >= 11 is 0. The highest BCUT2D eigenvalue weighted by Gasteiger charge is 2.58. The summed E-state index contributed by atoms with van der Waals surface area (Å²) in [6.45, 7) is 4.48. The zero-order valence-electron chi connectivity index (χ0n) is 18.1. The van der Waals surface area contributed by atoms with E-state index in [0.717, 1.165) is 10.5 Å². The molecule has 32 heavy (non-hydrogen) atoms. The molecule has 0 spiro atoms. The average Bonchev–Trinajstić information content (AvgIpc) is 3.46. The lowest BCUT2D eigenvalue weighted by atomic mass is 10.1. The third-order valence-electron chi connectivity index (χ3n) is 5.75. The van der Waals surface area contributed by atoms with Crippen LogP contribution in [0.5, 0.6) is 0 Å². The molecule has 3 heterocycles. The van der Waals surface area contributed by atoms with Gasteiger partial charge in [-0.3, -0.25) is 4.21 Å². The van der Waals surface area contributed by atoms with Crippen molar-refractivity contribution in [3.05, 3.63) is 66.2 Å². The summed E-state index contributed by atoms with van der Waals surface area (Å²) in [5, 5.41) is 0. The molecular weight excluding hydrogens is 432 g/mol. The maximum absolute atomic E-state index is 12.6. The summed E-state index contributed by atoms with van der Waals surface area (Å²) in [6.07, 6.45) is -2.63. The lowest BCUT2D eigenvalue weighted by Gasteiger charge is -2.28. The van der Waals surface area contributed by atoms with E-state index in [4.69, 9.17) is 28.4 Å². The minimum Gasteiger partial charge on any atom is -0.368 e. The molecule has 2 aromatic carbocycles. The smallest absolute Gasteiger partial charge is 0.190 e. The van der Waals surface area contributed by atoms with Gasteiger partial charge in [-0.15, -0.1) is 0 Å². The van der Waals surface area contributed by atoms with Gasteiger partial charge in [0.15, 0.2) is 18.4 Å². The number of rotatable bonds is 7. The first-order valence-electron chi connectivity index (χ1n) is 10.9. The van der Waals surface area contributed by atoms with Gasteiger partial charge in [0.05, 0.1) is 29.8 Å². The van der Waals surface area contributed by atoms with E-state index in [9.17, 15) is 4.21 Å². The topological polar surface area (TPSA) is 72.5 Å². The molecule has 0 saturated carbocycles. The van der Waals surface area contributed by atoms with E-state index in [-0.39, 0.29) is 24.1 Å². The third-order valence-corrected chi connectivity index (χ3v) is 7.12. The SMILES string of the molecule is CC1(C)O[C@H]2O[C@H]([C@H]3COC(CS(=O)c4ccccc4)O3)[C@H](OCc3ccccc3)[C@H]2O1. The predicted octanol–water partition coefficient (Wildman–Crippen LogP) is 3.00. The Hall–Kier alpha value is -1.65. The van der Waals surface area contributed by atoms with Crippen LogP contribution in [0.1, 0.15) is 19.4 Å². The van der Waals surface area contributed by atoms with Crippen molar-refractivity contribution >= 4 is 10.8 Å². The average molecular weight is 461 g/mol. The monoisotopic (exact) mass is 460 g/mol. The van der Waals surface area contributed by atoms with Gasteiger partial charge in [-0.2, -0.15) is 0 Å². The second-order valence-electron chi connectivity index (χ2n) is 8.59. The lowest BCUT2D eigenvalue weighted by molar-refractivity contribution is -0.231. The van der Waals surface area contributed by atoms with Crippen molar-refractivity contribution in [1.82, 2.24) is 0 Å². The van der Waals surface area contributed by atoms with E-state index in [1.54, 1.807) is 0 Å². The Morgan fingerprint density at radius 3 is 2.44 bits per heavy atom. The first kappa shape index (κ1) is 22.2. The molecule has 3 aliphatic rings. The summed E-state index contributed by atoms with van der Waals surface area (Å²) < 4.78 is 49.0. The van der Waals surface area contributed by atoms with Gasteiger partial charge in [0.2, 0.25) is 0 Å². The van der Waals surface area contributed by atoms with Crippen LogP contribution in [0.15, 0.2) is 65.6 Å². The Kier molecular flexibility index (Phi) is 6.44. The number of benzene rings is 2. The quantitative estimate of drug-likeness (QED) is 0.629. The Morgan fingerprint density at radius 2 is 1.69 bits per heavy atom. The van der Waals surface area contributed by atoms with Gasteiger partial charge in [0.25, 0.3) is 0 Å². The van der Waals surface area contributed by atoms with Crippen molar-refractivity contribution in [2.45, 2.75) is 68.1 Å². The van der Waals surface area contributed by atoms with Crippen molar-refractivity contribution in [1.29, 1.82) is 0 Å². The van der Waals surface area contributed by atoms with Gasteiger partial charge in [-0.25, -0.2) is 0 Å². The summed E-state index contributed by atoms with van der Waals surface area (Å²) in [7, 11) is -1.21. The molecule has 0 bridgehead atoms. The molecule has 0 N–H and O–H groups in total. The molecule has 0 aliphatic carbocycles. The van der Waals surface area contributed by atoms with Gasteiger partial charge < -0.3 is 28.4 Å². The lowest BCUT2D eigenvalue weighted by Crippen LogP contribution is -2.43. The van der Waals surface area contributed by atoms with Crippen molar-refractivity contribution in [3.8, 4) is 0 Å². The van der Waals surface area contributed by atoms with Crippen LogP contribution >= 0.6 is 0 Å². The molecule has 8 heteroatoms. The molecule has 7 atom stereocenters. The zero-order valence-corrected chi connectivity index (χ0v) is 18.9. The van der Waals surface area contributed by atoms with E-state index in [1.807, 2.05) is 74.5 Å². The van der Waals surface area contributed by atoms with E-state index in [2.05, 4.69) is 0 Å². The molecule has 0 aromatic heterocycles. The van der Waals surface area contributed by atoms with Crippen LogP contribution in [0.3, 0.4) is 0 Å². The first-order chi connectivity index (χ1) is 15.5. The molecule has 3 fully saturated rings. The van der Waals surface area contributed by atoms with Crippen LogP contribution in [0.25, 0.3) is 0 Å². The van der Waals surface area contributed by atoms with Gasteiger partial charge in [0, 0.05) is 4.90 Å². The van der Waals surface area contributed by atoms with Gasteiger partial charge in [-0.1, -0.05) is 48.5 Å². The third kappa shape index (κ3) is 4.82. The highest BCUT2D eigenvalue weighted by Crippen LogP contribution is 2.41.